The zero-order chi connectivity index (χ0) is 21.2. The number of rotatable bonds is 8. The monoisotopic (exact) mass is 412 g/mol. The van der Waals surface area contributed by atoms with Gasteiger partial charge in [-0.15, -0.1) is 0 Å². The molecule has 0 heterocycles. The Balaban J connectivity index is 1.58. The number of thiocarbonyl (C=S) groups is 1. The topological polar surface area (TPSA) is 65.2 Å². The Hall–Kier alpha value is -2.60. The van der Waals surface area contributed by atoms with Crippen LogP contribution in [0.5, 0.6) is 0 Å². The first-order chi connectivity index (χ1) is 13.9. The number of para-hydroxylation sites is 2. The Kier molecular flexibility index (Phi) is 8.93. The molecule has 5 nitrogen and oxygen atoms in total. The summed E-state index contributed by atoms with van der Waals surface area (Å²) in [6.07, 6.45) is 2.94. The van der Waals surface area contributed by atoms with Crippen LogP contribution in [-0.2, 0) is 0 Å². The lowest BCUT2D eigenvalue weighted by Gasteiger charge is -2.14. The van der Waals surface area contributed by atoms with Gasteiger partial charge in [0, 0.05) is 24.5 Å². The van der Waals surface area contributed by atoms with E-state index >= 15 is 0 Å². The fourth-order valence-electron chi connectivity index (χ4n) is 3.17. The van der Waals surface area contributed by atoms with E-state index in [1.165, 1.54) is 11.1 Å². The molecule has 0 fully saturated rings. The summed E-state index contributed by atoms with van der Waals surface area (Å²) in [6, 6.07) is 12.0. The second kappa shape index (κ2) is 11.4. The number of benzene rings is 2. The quantitative estimate of drug-likeness (QED) is 0.355. The van der Waals surface area contributed by atoms with E-state index in [2.05, 4.69) is 47.2 Å². The second-order valence-electron chi connectivity index (χ2n) is 7.36. The Morgan fingerprint density at radius 1 is 0.724 bits per heavy atom. The highest BCUT2D eigenvalue weighted by atomic mass is 32.1. The normalized spacial score (nSPS) is 10.3. The van der Waals surface area contributed by atoms with Crippen molar-refractivity contribution < 1.29 is 4.79 Å². The predicted molar refractivity (Wildman–Crippen MR) is 127 cm³/mol. The Morgan fingerprint density at radius 3 is 1.69 bits per heavy atom. The van der Waals surface area contributed by atoms with E-state index in [-0.39, 0.29) is 6.03 Å². The molecule has 2 amide bonds. The summed E-state index contributed by atoms with van der Waals surface area (Å²) in [4.78, 5) is 12.1. The predicted octanol–water partition coefficient (Wildman–Crippen LogP) is 5.20. The van der Waals surface area contributed by atoms with Crippen molar-refractivity contribution in [2.45, 2.75) is 47.0 Å². The SMILES string of the molecule is Cc1cccc(C)c1NC(=O)NCCCCCNC(=S)Nc1c(C)cccc1C. The van der Waals surface area contributed by atoms with Crippen molar-refractivity contribution >= 4 is 34.7 Å². The van der Waals surface area contributed by atoms with E-state index in [1.807, 2.05) is 38.1 Å². The lowest BCUT2D eigenvalue weighted by molar-refractivity contribution is 0.252. The van der Waals surface area contributed by atoms with Crippen molar-refractivity contribution in [3.63, 3.8) is 0 Å². The standard InChI is InChI=1S/C23H32N4OS/c1-16-10-8-11-17(2)20(16)26-22(28)24-14-6-5-7-15-25-23(29)27-21-18(3)12-9-13-19(21)4/h8-13H,5-7,14-15H2,1-4H3,(H2,24,26,28)(H2,25,27,29). The molecule has 0 spiro atoms. The van der Waals surface area contributed by atoms with Gasteiger partial charge in [-0.25, -0.2) is 4.79 Å². The summed E-state index contributed by atoms with van der Waals surface area (Å²) >= 11 is 5.39. The molecule has 0 radical (unpaired) electrons. The molecule has 6 heteroatoms. The number of hydrogen-bond donors (Lipinski definition) is 4. The van der Waals surface area contributed by atoms with Crippen LogP contribution in [0.1, 0.15) is 41.5 Å². The molecular formula is C23H32N4OS. The van der Waals surface area contributed by atoms with Gasteiger partial charge >= 0.3 is 6.03 Å². The van der Waals surface area contributed by atoms with E-state index in [9.17, 15) is 4.79 Å². The molecule has 0 unspecified atom stereocenters. The zero-order valence-electron chi connectivity index (χ0n) is 17.8. The van der Waals surface area contributed by atoms with Crippen molar-refractivity contribution in [3.05, 3.63) is 58.7 Å². The number of anilines is 2. The molecule has 0 aliphatic carbocycles. The van der Waals surface area contributed by atoms with Gasteiger partial charge in [-0.1, -0.05) is 36.4 Å². The molecule has 0 bridgehead atoms. The van der Waals surface area contributed by atoms with Gasteiger partial charge in [-0.3, -0.25) is 0 Å². The number of unbranched alkanes of at least 4 members (excludes halogenated alkanes) is 2. The molecule has 0 aliphatic rings. The average Bonchev–Trinajstić information content (AvgIpc) is 2.67. The number of carbonyl (C=O) groups excluding carboxylic acids is 1. The van der Waals surface area contributed by atoms with Gasteiger partial charge in [0.25, 0.3) is 0 Å². The highest BCUT2D eigenvalue weighted by Crippen LogP contribution is 2.20. The smallest absolute Gasteiger partial charge is 0.319 e. The minimum Gasteiger partial charge on any atom is -0.362 e. The van der Waals surface area contributed by atoms with Crippen LogP contribution in [0.4, 0.5) is 16.2 Å². The molecular weight excluding hydrogens is 380 g/mol. The van der Waals surface area contributed by atoms with E-state index in [0.29, 0.717) is 11.7 Å². The summed E-state index contributed by atoms with van der Waals surface area (Å²) in [5.74, 6) is 0. The van der Waals surface area contributed by atoms with Gasteiger partial charge in [0.1, 0.15) is 0 Å². The fraction of sp³-hybridized carbons (Fsp3) is 0.391. The minimum absolute atomic E-state index is 0.153. The van der Waals surface area contributed by atoms with E-state index in [1.54, 1.807) is 0 Å². The Labute approximate surface area is 179 Å². The third kappa shape index (κ3) is 7.38. The Bertz CT molecular complexity index is 741. The fourth-order valence-corrected chi connectivity index (χ4v) is 3.37. The third-order valence-electron chi connectivity index (χ3n) is 4.86. The van der Waals surface area contributed by atoms with Crippen LogP contribution in [0.25, 0.3) is 0 Å². The first-order valence-electron chi connectivity index (χ1n) is 10.1. The highest BCUT2D eigenvalue weighted by Gasteiger charge is 2.06. The number of urea groups is 1. The summed E-state index contributed by atoms with van der Waals surface area (Å²) in [5.41, 5.74) is 6.45. The van der Waals surface area contributed by atoms with Crippen molar-refractivity contribution in [3.8, 4) is 0 Å². The lowest BCUT2D eigenvalue weighted by atomic mass is 10.1. The van der Waals surface area contributed by atoms with Crippen LogP contribution >= 0.6 is 12.2 Å². The van der Waals surface area contributed by atoms with Gasteiger partial charge in [0.2, 0.25) is 0 Å². The maximum atomic E-state index is 12.1. The second-order valence-corrected chi connectivity index (χ2v) is 7.76. The third-order valence-corrected chi connectivity index (χ3v) is 5.11. The van der Waals surface area contributed by atoms with Gasteiger partial charge in [0.15, 0.2) is 5.11 Å². The van der Waals surface area contributed by atoms with Gasteiger partial charge in [-0.05, 0) is 81.4 Å². The van der Waals surface area contributed by atoms with Crippen LogP contribution in [0.2, 0.25) is 0 Å². The van der Waals surface area contributed by atoms with Gasteiger partial charge in [-0.2, -0.15) is 0 Å². The largest absolute Gasteiger partial charge is 0.362 e. The molecule has 0 saturated carbocycles. The summed E-state index contributed by atoms with van der Waals surface area (Å²) in [5, 5.41) is 13.0. The molecule has 4 N–H and O–H groups in total. The minimum atomic E-state index is -0.153. The molecule has 2 rings (SSSR count). The van der Waals surface area contributed by atoms with E-state index in [0.717, 1.165) is 48.3 Å². The average molecular weight is 413 g/mol. The maximum absolute atomic E-state index is 12.1. The molecule has 156 valence electrons. The number of aryl methyl sites for hydroxylation is 4. The lowest BCUT2D eigenvalue weighted by Crippen LogP contribution is -2.31. The van der Waals surface area contributed by atoms with Crippen LogP contribution in [0.15, 0.2) is 36.4 Å². The summed E-state index contributed by atoms with van der Waals surface area (Å²) in [7, 11) is 0. The van der Waals surface area contributed by atoms with Crippen LogP contribution in [0, 0.1) is 27.7 Å². The molecule has 0 aromatic heterocycles. The first kappa shape index (κ1) is 22.7. The van der Waals surface area contributed by atoms with Crippen molar-refractivity contribution in [1.82, 2.24) is 10.6 Å². The van der Waals surface area contributed by atoms with E-state index < -0.39 is 0 Å². The number of amides is 2. The molecule has 29 heavy (non-hydrogen) atoms. The van der Waals surface area contributed by atoms with Gasteiger partial charge < -0.3 is 21.3 Å². The summed E-state index contributed by atoms with van der Waals surface area (Å²) in [6.45, 7) is 9.60. The maximum Gasteiger partial charge on any atom is 0.319 e. The van der Waals surface area contributed by atoms with Gasteiger partial charge in [0.05, 0.1) is 0 Å². The molecule has 0 saturated heterocycles. The van der Waals surface area contributed by atoms with Crippen molar-refractivity contribution in [2.24, 2.45) is 0 Å². The number of carbonyl (C=O) groups is 1. The molecule has 2 aromatic rings. The van der Waals surface area contributed by atoms with Crippen molar-refractivity contribution in [1.29, 1.82) is 0 Å². The number of hydrogen-bond acceptors (Lipinski definition) is 2. The first-order valence-corrected chi connectivity index (χ1v) is 10.5. The number of nitrogens with one attached hydrogen (secondary N) is 4. The zero-order valence-corrected chi connectivity index (χ0v) is 18.6. The van der Waals surface area contributed by atoms with E-state index in [4.69, 9.17) is 12.2 Å². The molecule has 2 aromatic carbocycles. The molecule has 0 atom stereocenters. The Morgan fingerprint density at radius 2 is 1.17 bits per heavy atom. The summed E-state index contributed by atoms with van der Waals surface area (Å²) < 4.78 is 0. The highest BCUT2D eigenvalue weighted by molar-refractivity contribution is 7.80. The molecule has 0 aliphatic heterocycles. The van der Waals surface area contributed by atoms with Crippen molar-refractivity contribution in [2.75, 3.05) is 23.7 Å². The van der Waals surface area contributed by atoms with Crippen LogP contribution < -0.4 is 21.3 Å². The van der Waals surface area contributed by atoms with Crippen LogP contribution in [-0.4, -0.2) is 24.2 Å². The van der Waals surface area contributed by atoms with Crippen LogP contribution in [0.3, 0.4) is 0 Å².